The van der Waals surface area contributed by atoms with Gasteiger partial charge in [0.15, 0.2) is 0 Å². The van der Waals surface area contributed by atoms with Crippen molar-refractivity contribution in [1.82, 2.24) is 10.6 Å². The molecular formula is C24H23F3N2O5. The van der Waals surface area contributed by atoms with Gasteiger partial charge in [-0.25, -0.2) is 9.59 Å². The van der Waals surface area contributed by atoms with Crippen LogP contribution in [0.3, 0.4) is 0 Å². The number of carboxylic acids is 1. The molecule has 10 heteroatoms. The zero-order chi connectivity index (χ0) is 25.1. The summed E-state index contributed by atoms with van der Waals surface area (Å²) in [5, 5.41) is 12.8. The second-order valence-electron chi connectivity index (χ2n) is 7.98. The highest BCUT2D eigenvalue weighted by Gasteiger charge is 2.58. The molecule has 0 spiro atoms. The molecule has 0 aliphatic heterocycles. The lowest BCUT2D eigenvalue weighted by molar-refractivity contribution is -0.206. The average Bonchev–Trinajstić information content (AvgIpc) is 3.10. The molecule has 0 bridgehead atoms. The highest BCUT2D eigenvalue weighted by molar-refractivity contribution is 5.97. The molecule has 1 unspecified atom stereocenters. The van der Waals surface area contributed by atoms with E-state index in [9.17, 15) is 27.6 Å². The monoisotopic (exact) mass is 476 g/mol. The van der Waals surface area contributed by atoms with E-state index in [0.717, 1.165) is 28.3 Å². The molecular weight excluding hydrogens is 453 g/mol. The van der Waals surface area contributed by atoms with Crippen LogP contribution in [-0.4, -0.2) is 47.9 Å². The summed E-state index contributed by atoms with van der Waals surface area (Å²) in [5.74, 6) is -3.60. The molecule has 0 saturated heterocycles. The zero-order valence-electron chi connectivity index (χ0n) is 18.4. The first kappa shape index (κ1) is 24.8. The van der Waals surface area contributed by atoms with Gasteiger partial charge in [0.05, 0.1) is 0 Å². The number of aliphatic carboxylic acids is 1. The van der Waals surface area contributed by atoms with Crippen molar-refractivity contribution in [3.8, 4) is 11.1 Å². The summed E-state index contributed by atoms with van der Waals surface area (Å²) in [6.07, 6.45) is -4.80. The lowest BCUT2D eigenvalue weighted by Crippen LogP contribution is -2.62. The van der Waals surface area contributed by atoms with Crippen molar-refractivity contribution in [1.29, 1.82) is 0 Å². The van der Waals surface area contributed by atoms with E-state index in [2.05, 4.69) is 5.32 Å². The van der Waals surface area contributed by atoms with Crippen LogP contribution in [0.1, 0.15) is 30.9 Å². The van der Waals surface area contributed by atoms with Crippen LogP contribution in [0.15, 0.2) is 60.2 Å². The minimum Gasteiger partial charge on any atom is -0.479 e. The number of rotatable bonds is 7. The van der Waals surface area contributed by atoms with Gasteiger partial charge in [-0.3, -0.25) is 4.79 Å². The maximum absolute atomic E-state index is 13.0. The van der Waals surface area contributed by atoms with Crippen LogP contribution in [0.2, 0.25) is 0 Å². The fraction of sp³-hybridized carbons (Fsp3) is 0.292. The summed E-state index contributed by atoms with van der Waals surface area (Å²) < 4.78 is 44.5. The summed E-state index contributed by atoms with van der Waals surface area (Å²) in [6.45, 7) is 1.43. The molecule has 3 N–H and O–H groups in total. The first-order valence-electron chi connectivity index (χ1n) is 10.3. The Hall–Kier alpha value is -3.82. The van der Waals surface area contributed by atoms with Crippen LogP contribution in [0.4, 0.5) is 18.0 Å². The Bertz CT molecular complexity index is 1100. The number of hydrogen-bond donors (Lipinski definition) is 3. The van der Waals surface area contributed by atoms with Crippen molar-refractivity contribution in [2.45, 2.75) is 31.5 Å². The van der Waals surface area contributed by atoms with Gasteiger partial charge in [0.2, 0.25) is 11.4 Å². The molecule has 34 heavy (non-hydrogen) atoms. The molecule has 0 heterocycles. The van der Waals surface area contributed by atoms with Crippen LogP contribution in [-0.2, 0) is 14.3 Å². The van der Waals surface area contributed by atoms with E-state index in [1.807, 2.05) is 48.5 Å². The van der Waals surface area contributed by atoms with Crippen molar-refractivity contribution < 1.29 is 37.4 Å². The van der Waals surface area contributed by atoms with Crippen molar-refractivity contribution >= 4 is 18.0 Å². The van der Waals surface area contributed by atoms with Gasteiger partial charge >= 0.3 is 18.2 Å². The molecule has 1 atom stereocenters. The van der Waals surface area contributed by atoms with E-state index in [1.165, 1.54) is 12.2 Å². The maximum atomic E-state index is 13.0. The third-order valence-corrected chi connectivity index (χ3v) is 5.71. The number of carbonyl (C=O) groups excluding carboxylic acids is 2. The van der Waals surface area contributed by atoms with E-state index in [1.54, 1.807) is 0 Å². The van der Waals surface area contributed by atoms with Crippen LogP contribution in [0.5, 0.6) is 0 Å². The van der Waals surface area contributed by atoms with E-state index in [0.29, 0.717) is 6.92 Å². The van der Waals surface area contributed by atoms with Crippen molar-refractivity contribution in [3.05, 3.63) is 71.3 Å². The van der Waals surface area contributed by atoms with Crippen molar-refractivity contribution in [2.24, 2.45) is 0 Å². The van der Waals surface area contributed by atoms with E-state index in [4.69, 9.17) is 9.84 Å². The smallest absolute Gasteiger partial charge is 0.422 e. The number of alkyl halides is 3. The highest BCUT2D eigenvalue weighted by Crippen LogP contribution is 2.44. The second-order valence-corrected chi connectivity index (χ2v) is 7.98. The van der Waals surface area contributed by atoms with Crippen LogP contribution >= 0.6 is 0 Å². The fourth-order valence-electron chi connectivity index (χ4n) is 3.60. The summed E-state index contributed by atoms with van der Waals surface area (Å²) >= 11 is 0. The molecule has 1 aliphatic carbocycles. The molecule has 3 rings (SSSR count). The molecule has 7 nitrogen and oxygen atoms in total. The Balaban J connectivity index is 1.56. The van der Waals surface area contributed by atoms with Gasteiger partial charge < -0.3 is 20.5 Å². The Kier molecular flexibility index (Phi) is 6.99. The summed E-state index contributed by atoms with van der Waals surface area (Å²) in [7, 11) is 0. The van der Waals surface area contributed by atoms with Gasteiger partial charge in [-0.2, -0.15) is 13.2 Å². The normalized spacial score (nSPS) is 15.0. The minimum absolute atomic E-state index is 0.0750. The second kappa shape index (κ2) is 9.58. The number of amides is 2. The molecule has 0 aromatic heterocycles. The average molecular weight is 476 g/mol. The van der Waals surface area contributed by atoms with Crippen molar-refractivity contribution in [2.75, 3.05) is 13.2 Å². The van der Waals surface area contributed by atoms with Crippen molar-refractivity contribution in [3.63, 3.8) is 0 Å². The lowest BCUT2D eigenvalue weighted by Gasteiger charge is -2.28. The Labute approximate surface area is 193 Å². The molecule has 0 saturated carbocycles. The van der Waals surface area contributed by atoms with Gasteiger partial charge in [-0.15, -0.1) is 0 Å². The largest absolute Gasteiger partial charge is 0.479 e. The topological polar surface area (TPSA) is 105 Å². The number of fused-ring (bicyclic) bond motifs is 3. The van der Waals surface area contributed by atoms with E-state index < -0.39 is 29.7 Å². The molecule has 180 valence electrons. The van der Waals surface area contributed by atoms with Gasteiger partial charge in [0, 0.05) is 18.0 Å². The number of alkyl carbamates (subject to hydrolysis) is 1. The molecule has 2 aromatic rings. The van der Waals surface area contributed by atoms with E-state index >= 15 is 0 Å². The van der Waals surface area contributed by atoms with Gasteiger partial charge in [-0.05, 0) is 36.1 Å². The Morgan fingerprint density at radius 3 is 2.06 bits per heavy atom. The predicted octanol–water partition coefficient (Wildman–Crippen LogP) is 3.99. The zero-order valence-corrected chi connectivity index (χ0v) is 18.4. The number of carbonyl (C=O) groups is 3. The van der Waals surface area contributed by atoms with Crippen LogP contribution < -0.4 is 10.6 Å². The Morgan fingerprint density at radius 1 is 1.03 bits per heavy atom. The lowest BCUT2D eigenvalue weighted by atomic mass is 9.98. The molecule has 1 aliphatic rings. The van der Waals surface area contributed by atoms with Gasteiger partial charge in [0.1, 0.15) is 6.61 Å². The third-order valence-electron chi connectivity index (χ3n) is 5.71. The molecule has 0 fully saturated rings. The third kappa shape index (κ3) is 4.90. The number of hydrogen-bond acceptors (Lipinski definition) is 4. The summed E-state index contributed by atoms with van der Waals surface area (Å²) in [6, 6.07) is 15.6. The van der Waals surface area contributed by atoms with Crippen LogP contribution in [0.25, 0.3) is 11.1 Å². The SMILES string of the molecule is C/C(=C\CNC(=O)OCC1c2ccccc2-c2ccccc21)C(=O)NC(C)(C(=O)O)C(F)(F)F. The number of carboxylic acid groups (broad SMARTS) is 1. The molecule has 2 aromatic carbocycles. The number of ether oxygens (including phenoxy) is 1. The number of nitrogens with one attached hydrogen (secondary N) is 2. The highest BCUT2D eigenvalue weighted by atomic mass is 19.4. The van der Waals surface area contributed by atoms with E-state index in [-0.39, 0.29) is 24.6 Å². The van der Waals surface area contributed by atoms with Crippen LogP contribution in [0, 0.1) is 0 Å². The molecule has 0 radical (unpaired) electrons. The van der Waals surface area contributed by atoms with Gasteiger partial charge in [0.25, 0.3) is 0 Å². The maximum Gasteiger partial charge on any atom is 0.422 e. The summed E-state index contributed by atoms with van der Waals surface area (Å²) in [4.78, 5) is 35.2. The van der Waals surface area contributed by atoms with Gasteiger partial charge in [-0.1, -0.05) is 54.6 Å². The fourth-order valence-corrected chi connectivity index (χ4v) is 3.60. The quantitative estimate of drug-likeness (QED) is 0.524. The summed E-state index contributed by atoms with van der Waals surface area (Å²) in [5.41, 5.74) is 0.577. The predicted molar refractivity (Wildman–Crippen MR) is 117 cm³/mol. The first-order chi connectivity index (χ1) is 16.0. The standard InChI is InChI=1S/C24H23F3N2O5/c1-14(20(30)29-23(2,21(31)32)24(25,26)27)11-12-28-22(33)34-13-19-17-9-5-3-7-15(17)16-8-4-6-10-18(16)19/h3-11,19H,12-13H2,1-2H3,(H,28,33)(H,29,30)(H,31,32)/b14-11+. The molecule has 2 amide bonds. The number of halogens is 3. The first-order valence-corrected chi connectivity index (χ1v) is 10.3. The Morgan fingerprint density at radius 2 is 1.56 bits per heavy atom. The minimum atomic E-state index is -5.20. The number of benzene rings is 2.